The van der Waals surface area contributed by atoms with Crippen molar-refractivity contribution < 1.29 is 4.74 Å². The lowest BCUT2D eigenvalue weighted by Crippen LogP contribution is -2.39. The van der Waals surface area contributed by atoms with Gasteiger partial charge in [-0.2, -0.15) is 4.98 Å². The van der Waals surface area contributed by atoms with Crippen LogP contribution in [0, 0.1) is 6.92 Å². The number of aryl methyl sites for hydroxylation is 1. The predicted octanol–water partition coefficient (Wildman–Crippen LogP) is 2.13. The first-order valence-electron chi connectivity index (χ1n) is 7.63. The Hall–Kier alpha value is -1.40. The Kier molecular flexibility index (Phi) is 6.84. The number of anilines is 1. The van der Waals surface area contributed by atoms with E-state index in [1.165, 1.54) is 0 Å². The van der Waals surface area contributed by atoms with Crippen LogP contribution in [0.4, 0.5) is 5.82 Å². The van der Waals surface area contributed by atoms with Crippen molar-refractivity contribution in [3.05, 3.63) is 11.4 Å². The lowest BCUT2D eigenvalue weighted by Gasteiger charge is -2.30. The average Bonchev–Trinajstić information content (AvgIpc) is 2.44. The largest absolute Gasteiger partial charge is 0.476 e. The third-order valence-electron chi connectivity index (χ3n) is 3.52. The van der Waals surface area contributed by atoms with Crippen LogP contribution in [-0.4, -0.2) is 40.1 Å². The molecule has 0 saturated heterocycles. The Bertz CT molecular complexity index is 440. The molecule has 0 aromatic carbocycles. The molecular weight excluding hydrogens is 266 g/mol. The molecule has 0 aliphatic carbocycles. The summed E-state index contributed by atoms with van der Waals surface area (Å²) < 4.78 is 5.86. The molecule has 0 unspecified atom stereocenters. The summed E-state index contributed by atoms with van der Waals surface area (Å²) in [5.74, 6) is 7.46. The smallest absolute Gasteiger partial charge is 0.221 e. The molecule has 0 bridgehead atoms. The number of rotatable bonds is 8. The van der Waals surface area contributed by atoms with Crippen LogP contribution in [0.3, 0.4) is 0 Å². The molecule has 0 saturated carbocycles. The van der Waals surface area contributed by atoms with Crippen molar-refractivity contribution >= 4 is 5.82 Å². The van der Waals surface area contributed by atoms with Crippen molar-refractivity contribution in [3.8, 4) is 5.88 Å². The van der Waals surface area contributed by atoms with E-state index in [0.29, 0.717) is 30.4 Å². The third kappa shape index (κ3) is 4.82. The van der Waals surface area contributed by atoms with Gasteiger partial charge in [0, 0.05) is 25.0 Å². The van der Waals surface area contributed by atoms with Gasteiger partial charge in [0.25, 0.3) is 0 Å². The highest BCUT2D eigenvalue weighted by molar-refractivity contribution is 5.47. The molecule has 0 fully saturated rings. The van der Waals surface area contributed by atoms with Crippen LogP contribution >= 0.6 is 0 Å². The van der Waals surface area contributed by atoms with Crippen molar-refractivity contribution in [2.75, 3.05) is 18.6 Å². The second kappa shape index (κ2) is 8.14. The van der Waals surface area contributed by atoms with Crippen LogP contribution < -0.4 is 16.0 Å². The Morgan fingerprint density at radius 1 is 1.19 bits per heavy atom. The quantitative estimate of drug-likeness (QED) is 0.565. The fourth-order valence-electron chi connectivity index (χ4n) is 2.34. The van der Waals surface area contributed by atoms with E-state index < -0.39 is 0 Å². The maximum Gasteiger partial charge on any atom is 0.221 e. The highest BCUT2D eigenvalue weighted by atomic mass is 16.5. The zero-order valence-corrected chi connectivity index (χ0v) is 14.1. The summed E-state index contributed by atoms with van der Waals surface area (Å²) in [7, 11) is 0. The molecule has 21 heavy (non-hydrogen) atoms. The number of nitrogens with one attached hydrogen (secondary N) is 1. The molecule has 0 amide bonds. The minimum absolute atomic E-state index is 0.493. The molecule has 0 spiro atoms. The second-order valence-corrected chi connectivity index (χ2v) is 5.69. The predicted molar refractivity (Wildman–Crippen MR) is 86.4 cm³/mol. The van der Waals surface area contributed by atoms with Crippen LogP contribution in [0.25, 0.3) is 0 Å². The Morgan fingerprint density at radius 2 is 1.81 bits per heavy atom. The number of nitrogen functional groups attached to an aromatic ring is 1. The van der Waals surface area contributed by atoms with E-state index in [1.807, 2.05) is 13.8 Å². The van der Waals surface area contributed by atoms with Crippen molar-refractivity contribution in [1.29, 1.82) is 0 Å². The number of ether oxygens (including phenoxy) is 1. The zero-order chi connectivity index (χ0) is 16.0. The van der Waals surface area contributed by atoms with Gasteiger partial charge >= 0.3 is 0 Å². The van der Waals surface area contributed by atoms with E-state index in [-0.39, 0.29) is 0 Å². The van der Waals surface area contributed by atoms with E-state index in [2.05, 4.69) is 48.0 Å². The maximum atomic E-state index is 5.86. The Morgan fingerprint density at radius 3 is 2.29 bits per heavy atom. The van der Waals surface area contributed by atoms with E-state index in [4.69, 9.17) is 10.6 Å². The van der Waals surface area contributed by atoms with Crippen molar-refractivity contribution in [1.82, 2.24) is 14.9 Å². The van der Waals surface area contributed by atoms with E-state index >= 15 is 0 Å². The minimum atomic E-state index is 0.493. The summed E-state index contributed by atoms with van der Waals surface area (Å²) >= 11 is 0. The van der Waals surface area contributed by atoms with Gasteiger partial charge in [-0.05, 0) is 34.6 Å². The molecule has 1 aromatic heterocycles. The van der Waals surface area contributed by atoms with Gasteiger partial charge in [0.15, 0.2) is 0 Å². The zero-order valence-electron chi connectivity index (χ0n) is 14.1. The molecule has 0 aliphatic rings. The van der Waals surface area contributed by atoms with Crippen LogP contribution in [0.5, 0.6) is 5.88 Å². The van der Waals surface area contributed by atoms with Crippen LogP contribution in [0.1, 0.15) is 46.0 Å². The summed E-state index contributed by atoms with van der Waals surface area (Å²) in [6, 6.07) is 0.986. The lowest BCUT2D eigenvalue weighted by molar-refractivity contribution is 0.139. The van der Waals surface area contributed by atoms with Gasteiger partial charge < -0.3 is 10.2 Å². The number of hydrogen-bond acceptors (Lipinski definition) is 6. The normalized spacial score (nSPS) is 11.5. The van der Waals surface area contributed by atoms with Gasteiger partial charge in [0.05, 0.1) is 5.56 Å². The van der Waals surface area contributed by atoms with Gasteiger partial charge in [-0.25, -0.2) is 10.8 Å². The summed E-state index contributed by atoms with van der Waals surface area (Å²) in [4.78, 5) is 11.2. The SMILES string of the molecule is CCc1nc(NN)c(C)c(OCCN(C(C)C)C(C)C)n1. The van der Waals surface area contributed by atoms with Crippen LogP contribution in [-0.2, 0) is 6.42 Å². The van der Waals surface area contributed by atoms with Crippen molar-refractivity contribution in [3.63, 3.8) is 0 Å². The summed E-state index contributed by atoms with van der Waals surface area (Å²) in [6.45, 7) is 14.2. The molecule has 1 rings (SSSR count). The first kappa shape index (κ1) is 17.7. The molecule has 120 valence electrons. The summed E-state index contributed by atoms with van der Waals surface area (Å²) in [5, 5.41) is 0. The van der Waals surface area contributed by atoms with E-state index in [1.54, 1.807) is 0 Å². The first-order chi connectivity index (χ1) is 9.90. The standard InChI is InChI=1S/C15H29N5O/c1-7-13-17-14(19-16)12(6)15(18-13)21-9-8-20(10(2)3)11(4)5/h10-11H,7-9,16H2,1-6H3,(H,17,18,19). The molecule has 6 heteroatoms. The van der Waals surface area contributed by atoms with Gasteiger partial charge in [-0.3, -0.25) is 4.90 Å². The molecule has 1 heterocycles. The van der Waals surface area contributed by atoms with Crippen LogP contribution in [0.15, 0.2) is 0 Å². The third-order valence-corrected chi connectivity index (χ3v) is 3.52. The number of hydrazine groups is 1. The molecular formula is C15H29N5O. The van der Waals surface area contributed by atoms with Crippen LogP contribution in [0.2, 0.25) is 0 Å². The topological polar surface area (TPSA) is 76.3 Å². The molecule has 3 N–H and O–H groups in total. The van der Waals surface area contributed by atoms with E-state index in [9.17, 15) is 0 Å². The fourth-order valence-corrected chi connectivity index (χ4v) is 2.34. The molecule has 0 radical (unpaired) electrons. The number of nitrogens with two attached hydrogens (primary N) is 1. The molecule has 1 aromatic rings. The van der Waals surface area contributed by atoms with Gasteiger partial charge in [0.2, 0.25) is 5.88 Å². The number of aromatic nitrogens is 2. The Labute approximate surface area is 128 Å². The summed E-state index contributed by atoms with van der Waals surface area (Å²) in [5.41, 5.74) is 3.45. The monoisotopic (exact) mass is 295 g/mol. The highest BCUT2D eigenvalue weighted by Gasteiger charge is 2.15. The van der Waals surface area contributed by atoms with E-state index in [0.717, 1.165) is 24.4 Å². The average molecular weight is 295 g/mol. The fraction of sp³-hybridized carbons (Fsp3) is 0.733. The molecule has 6 nitrogen and oxygen atoms in total. The number of hydrogen-bond donors (Lipinski definition) is 2. The van der Waals surface area contributed by atoms with Gasteiger partial charge in [0.1, 0.15) is 18.2 Å². The molecule has 0 aliphatic heterocycles. The minimum Gasteiger partial charge on any atom is -0.476 e. The highest BCUT2D eigenvalue weighted by Crippen LogP contribution is 2.21. The second-order valence-electron chi connectivity index (χ2n) is 5.69. The van der Waals surface area contributed by atoms with Gasteiger partial charge in [-0.15, -0.1) is 0 Å². The Balaban J connectivity index is 2.75. The number of nitrogens with zero attached hydrogens (tertiary/aromatic N) is 3. The molecule has 0 atom stereocenters. The lowest BCUT2D eigenvalue weighted by atomic mass is 10.2. The summed E-state index contributed by atoms with van der Waals surface area (Å²) in [6.07, 6.45) is 0.745. The van der Waals surface area contributed by atoms with Crippen molar-refractivity contribution in [2.24, 2.45) is 5.84 Å². The van der Waals surface area contributed by atoms with Crippen molar-refractivity contribution in [2.45, 2.75) is 60.0 Å². The first-order valence-corrected chi connectivity index (χ1v) is 7.63. The maximum absolute atomic E-state index is 5.86. The van der Waals surface area contributed by atoms with Gasteiger partial charge in [-0.1, -0.05) is 6.92 Å².